The quantitative estimate of drug-likeness (QED) is 0.207. The lowest BCUT2D eigenvalue weighted by molar-refractivity contribution is -0.227. The zero-order valence-electron chi connectivity index (χ0n) is 22.8. The van der Waals surface area contributed by atoms with Gasteiger partial charge in [-0.2, -0.15) is 5.26 Å². The zero-order valence-corrected chi connectivity index (χ0v) is 23.6. The average molecular weight is 581 g/mol. The van der Waals surface area contributed by atoms with E-state index in [1.165, 1.54) is 27.0 Å². The Hall–Kier alpha value is -4.47. The fourth-order valence-corrected chi connectivity index (χ4v) is 5.08. The Morgan fingerprint density at radius 3 is 2.34 bits per heavy atom. The topological polar surface area (TPSA) is 139 Å². The first-order valence-electron chi connectivity index (χ1n) is 12.6. The molecule has 0 bridgehead atoms. The minimum absolute atomic E-state index is 0.0104. The molecule has 4 atom stereocenters. The number of carbonyl (C=O) groups is 3. The minimum atomic E-state index is -1.07. The molecule has 0 amide bonds. The Kier molecular flexibility index (Phi) is 9.21. The van der Waals surface area contributed by atoms with Crippen LogP contribution in [0, 0.1) is 16.0 Å². The van der Waals surface area contributed by atoms with E-state index in [-0.39, 0.29) is 23.2 Å². The summed E-state index contributed by atoms with van der Waals surface area (Å²) in [5, 5.41) is 10.1. The van der Waals surface area contributed by atoms with Crippen molar-refractivity contribution in [1.82, 2.24) is 4.57 Å². The molecule has 0 radical (unpaired) electrons. The fraction of sp³-hybridized carbons (Fsp3) is 0.345. The molecule has 1 fully saturated rings. The molecule has 0 spiro atoms. The minimum Gasteiger partial charge on any atom is -0.497 e. The van der Waals surface area contributed by atoms with Crippen LogP contribution in [0.4, 0.5) is 0 Å². The second kappa shape index (κ2) is 12.8. The van der Waals surface area contributed by atoms with E-state index >= 15 is 0 Å². The molecule has 1 aromatic carbocycles. The van der Waals surface area contributed by atoms with Gasteiger partial charge in [-0.25, -0.2) is 0 Å². The number of aromatic nitrogens is 1. The maximum absolute atomic E-state index is 12.1. The molecule has 41 heavy (non-hydrogen) atoms. The van der Waals surface area contributed by atoms with E-state index in [9.17, 15) is 19.6 Å². The highest BCUT2D eigenvalue weighted by atomic mass is 32.1. The summed E-state index contributed by atoms with van der Waals surface area (Å²) in [4.78, 5) is 35.7. The normalized spacial score (nSPS) is 20.0. The molecule has 1 aliphatic heterocycles. The van der Waals surface area contributed by atoms with Crippen molar-refractivity contribution in [3.8, 4) is 34.4 Å². The molecule has 12 heteroatoms. The summed E-state index contributed by atoms with van der Waals surface area (Å²) in [7, 11) is 1.56. The molecule has 1 saturated heterocycles. The van der Waals surface area contributed by atoms with Gasteiger partial charge < -0.3 is 32.7 Å². The van der Waals surface area contributed by atoms with Gasteiger partial charge >= 0.3 is 17.9 Å². The molecule has 3 aromatic rings. The fourth-order valence-electron chi connectivity index (χ4n) is 4.71. The number of methoxy groups -OCH3 is 1. The maximum Gasteiger partial charge on any atom is 0.303 e. The summed E-state index contributed by atoms with van der Waals surface area (Å²) >= 11 is 5.86. The lowest BCUT2D eigenvalue weighted by Crippen LogP contribution is -2.52. The largest absolute Gasteiger partial charge is 0.497 e. The van der Waals surface area contributed by atoms with E-state index in [0.29, 0.717) is 28.3 Å². The van der Waals surface area contributed by atoms with Crippen LogP contribution in [0.3, 0.4) is 0 Å². The maximum atomic E-state index is 12.1. The molecule has 4 unspecified atom stereocenters. The van der Waals surface area contributed by atoms with Gasteiger partial charge in [0.05, 0.1) is 24.6 Å². The predicted molar refractivity (Wildman–Crippen MR) is 146 cm³/mol. The van der Waals surface area contributed by atoms with Crippen LogP contribution in [0.25, 0.3) is 22.6 Å². The smallest absolute Gasteiger partial charge is 0.303 e. The number of furan rings is 1. The molecule has 1 aliphatic rings. The van der Waals surface area contributed by atoms with E-state index in [1.807, 2.05) is 12.1 Å². The Morgan fingerprint density at radius 2 is 1.78 bits per heavy atom. The molecule has 4 rings (SSSR count). The van der Waals surface area contributed by atoms with Crippen molar-refractivity contribution in [3.05, 3.63) is 58.9 Å². The van der Waals surface area contributed by atoms with Gasteiger partial charge in [0, 0.05) is 32.8 Å². The van der Waals surface area contributed by atoms with Gasteiger partial charge in [0.25, 0.3) is 0 Å². The van der Waals surface area contributed by atoms with Crippen LogP contribution >= 0.6 is 12.2 Å². The Bertz CT molecular complexity index is 1520. The van der Waals surface area contributed by atoms with Crippen LogP contribution in [-0.4, -0.2) is 54.5 Å². The van der Waals surface area contributed by atoms with Crippen molar-refractivity contribution in [1.29, 1.82) is 5.26 Å². The second-order valence-electron chi connectivity index (χ2n) is 9.20. The Balaban J connectivity index is 1.92. The highest BCUT2D eigenvalue weighted by Crippen LogP contribution is 2.39. The van der Waals surface area contributed by atoms with Gasteiger partial charge in [-0.05, 0) is 48.0 Å². The number of esters is 3. The summed E-state index contributed by atoms with van der Waals surface area (Å²) in [6.45, 7) is 3.39. The van der Waals surface area contributed by atoms with Gasteiger partial charge in [-0.15, -0.1) is 0 Å². The van der Waals surface area contributed by atoms with Crippen molar-refractivity contribution >= 4 is 30.1 Å². The number of carbonyl (C=O) groups excluding carboxylic acids is 3. The summed E-state index contributed by atoms with van der Waals surface area (Å²) in [5.74, 6) is -0.740. The second-order valence-corrected chi connectivity index (χ2v) is 9.59. The molecular formula is C29H28N2O9S. The Labute approximate surface area is 241 Å². The molecule has 3 heterocycles. The molecule has 0 saturated carbocycles. The number of hydrogen-bond donors (Lipinski definition) is 0. The molecule has 0 aliphatic carbocycles. The highest BCUT2D eigenvalue weighted by molar-refractivity contribution is 7.71. The summed E-state index contributed by atoms with van der Waals surface area (Å²) < 4.78 is 35.3. The third kappa shape index (κ3) is 6.65. The third-order valence-corrected chi connectivity index (χ3v) is 6.78. The number of ether oxygens (including phenoxy) is 5. The van der Waals surface area contributed by atoms with E-state index < -0.39 is 42.4 Å². The van der Waals surface area contributed by atoms with E-state index in [4.69, 9.17) is 40.3 Å². The van der Waals surface area contributed by atoms with Crippen LogP contribution in [0.2, 0.25) is 0 Å². The predicted octanol–water partition coefficient (Wildman–Crippen LogP) is 4.74. The van der Waals surface area contributed by atoms with Gasteiger partial charge in [-0.3, -0.25) is 14.4 Å². The lowest BCUT2D eigenvalue weighted by Gasteiger charge is -2.41. The summed E-state index contributed by atoms with van der Waals surface area (Å²) in [6, 6.07) is 14.6. The van der Waals surface area contributed by atoms with E-state index in [1.54, 1.807) is 42.0 Å². The standard InChI is InChI=1S/C29H28N2O9S/c1-16(32)37-15-26-28(39-18(3)34)25(38-17(2)33)13-27(40-26)31-23(19-7-9-20(35-4)10-8-19)12-21(22(14-30)29(31)41)24-6-5-11-36-24/h5-12,25-28H,13,15H2,1-4H3. The van der Waals surface area contributed by atoms with Crippen molar-refractivity contribution in [2.24, 2.45) is 0 Å². The first kappa shape index (κ1) is 29.5. The number of benzene rings is 1. The highest BCUT2D eigenvalue weighted by Gasteiger charge is 2.45. The lowest BCUT2D eigenvalue weighted by atomic mass is 9.98. The van der Waals surface area contributed by atoms with Crippen molar-refractivity contribution in [2.75, 3.05) is 13.7 Å². The summed E-state index contributed by atoms with van der Waals surface area (Å²) in [5.41, 5.74) is 1.91. The Morgan fingerprint density at radius 1 is 1.07 bits per heavy atom. The average Bonchev–Trinajstić information content (AvgIpc) is 3.47. The van der Waals surface area contributed by atoms with Gasteiger partial charge in [0.15, 0.2) is 6.10 Å². The number of nitrogens with zero attached hydrogens (tertiary/aromatic N) is 2. The van der Waals surface area contributed by atoms with Crippen molar-refractivity contribution in [3.63, 3.8) is 0 Å². The number of pyridine rings is 1. The number of hydrogen-bond acceptors (Lipinski definition) is 11. The molecule has 214 valence electrons. The van der Waals surface area contributed by atoms with Crippen LogP contribution in [0.5, 0.6) is 5.75 Å². The molecule has 11 nitrogen and oxygen atoms in total. The van der Waals surface area contributed by atoms with Crippen molar-refractivity contribution < 1.29 is 42.5 Å². The first-order chi connectivity index (χ1) is 19.6. The third-order valence-electron chi connectivity index (χ3n) is 6.38. The van der Waals surface area contributed by atoms with Crippen LogP contribution < -0.4 is 4.74 Å². The number of nitriles is 1. The van der Waals surface area contributed by atoms with Gasteiger partial charge in [0.1, 0.15) is 47.3 Å². The first-order valence-corrected chi connectivity index (χ1v) is 13.0. The van der Waals surface area contributed by atoms with Gasteiger partial charge in [0.2, 0.25) is 0 Å². The van der Waals surface area contributed by atoms with Crippen LogP contribution in [-0.2, 0) is 33.3 Å². The van der Waals surface area contributed by atoms with Crippen LogP contribution in [0.15, 0.2) is 53.1 Å². The molecule has 2 aromatic heterocycles. The van der Waals surface area contributed by atoms with Crippen molar-refractivity contribution in [2.45, 2.75) is 51.7 Å². The number of rotatable bonds is 8. The SMILES string of the molecule is COc1ccc(-c2cc(-c3ccco3)c(C#N)c(=S)n2C2CC(OC(C)=O)C(OC(C)=O)C(COC(C)=O)O2)cc1. The van der Waals surface area contributed by atoms with E-state index in [0.717, 1.165) is 0 Å². The summed E-state index contributed by atoms with van der Waals surface area (Å²) in [6.07, 6.45) is -2.48. The monoisotopic (exact) mass is 580 g/mol. The van der Waals surface area contributed by atoms with Crippen LogP contribution in [0.1, 0.15) is 39.0 Å². The van der Waals surface area contributed by atoms with E-state index in [2.05, 4.69) is 6.07 Å². The zero-order chi connectivity index (χ0) is 29.7. The molecule has 0 N–H and O–H groups in total. The molecular weight excluding hydrogens is 552 g/mol. The van der Waals surface area contributed by atoms with Gasteiger partial charge in [-0.1, -0.05) is 12.2 Å².